The van der Waals surface area contributed by atoms with E-state index in [0.29, 0.717) is 11.6 Å². The molecule has 1 aromatic rings. The minimum atomic E-state index is -0.933. The van der Waals surface area contributed by atoms with Crippen LogP contribution in [0.4, 0.5) is 0 Å². The highest BCUT2D eigenvalue weighted by molar-refractivity contribution is 6.31. The summed E-state index contributed by atoms with van der Waals surface area (Å²) < 4.78 is 5.19. The van der Waals surface area contributed by atoms with Gasteiger partial charge in [0.2, 0.25) is 5.91 Å². The molecule has 19 heavy (non-hydrogen) atoms. The number of hydrogen-bond donors (Lipinski definition) is 1. The lowest BCUT2D eigenvalue weighted by Gasteiger charge is -2.32. The van der Waals surface area contributed by atoms with Gasteiger partial charge in [-0.25, -0.2) is 0 Å². The Hall–Kier alpha value is -1.59. The van der Waals surface area contributed by atoms with Gasteiger partial charge in [-0.1, -0.05) is 29.8 Å². The van der Waals surface area contributed by atoms with Crippen LogP contribution in [0.2, 0.25) is 5.02 Å². The first-order valence-electron chi connectivity index (χ1n) is 5.91. The zero-order chi connectivity index (χ0) is 13.8. The third kappa shape index (κ3) is 3.68. The van der Waals surface area contributed by atoms with Crippen molar-refractivity contribution in [1.82, 2.24) is 4.90 Å². The maximum absolute atomic E-state index is 11.8. The smallest absolute Gasteiger partial charge is 0.306 e. The van der Waals surface area contributed by atoms with Crippen LogP contribution in [0, 0.1) is 0 Å². The molecule has 1 aromatic carbocycles. The van der Waals surface area contributed by atoms with Crippen molar-refractivity contribution in [3.63, 3.8) is 0 Å². The van der Waals surface area contributed by atoms with Crippen molar-refractivity contribution in [1.29, 1.82) is 0 Å². The lowest BCUT2D eigenvalue weighted by Crippen LogP contribution is -2.46. The van der Waals surface area contributed by atoms with Gasteiger partial charge >= 0.3 is 5.97 Å². The predicted octanol–water partition coefficient (Wildman–Crippen LogP) is 1.54. The van der Waals surface area contributed by atoms with E-state index in [0.717, 1.165) is 5.56 Å². The number of morpholine rings is 1. The molecule has 0 bridgehead atoms. The molecule has 5 nitrogen and oxygen atoms in total. The minimum Gasteiger partial charge on any atom is -0.481 e. The summed E-state index contributed by atoms with van der Waals surface area (Å²) in [7, 11) is 0. The molecule has 6 heteroatoms. The third-order valence-electron chi connectivity index (χ3n) is 2.94. The van der Waals surface area contributed by atoms with E-state index in [9.17, 15) is 9.59 Å². The average Bonchev–Trinajstić information content (AvgIpc) is 2.35. The number of amides is 1. The molecule has 102 valence electrons. The molecular formula is C13H14ClNO4. The molecule has 1 N–H and O–H groups in total. The zero-order valence-electron chi connectivity index (χ0n) is 10.2. The van der Waals surface area contributed by atoms with E-state index in [1.807, 2.05) is 18.2 Å². The number of hydrogen-bond acceptors (Lipinski definition) is 3. The van der Waals surface area contributed by atoms with Gasteiger partial charge < -0.3 is 14.7 Å². The highest BCUT2D eigenvalue weighted by atomic mass is 35.5. The molecule has 1 saturated heterocycles. The normalized spacial score (nSPS) is 19.5. The fourth-order valence-corrected chi connectivity index (χ4v) is 2.18. The summed E-state index contributed by atoms with van der Waals surface area (Å²) in [5.41, 5.74) is 0.841. The highest BCUT2D eigenvalue weighted by Gasteiger charge is 2.28. The van der Waals surface area contributed by atoms with E-state index < -0.39 is 12.1 Å². The second-order valence-corrected chi connectivity index (χ2v) is 4.80. The van der Waals surface area contributed by atoms with E-state index in [1.165, 1.54) is 0 Å². The Labute approximate surface area is 115 Å². The second kappa shape index (κ2) is 6.04. The predicted molar refractivity (Wildman–Crippen MR) is 68.9 cm³/mol. The number of carbonyl (C=O) groups excluding carboxylic acids is 1. The van der Waals surface area contributed by atoms with Crippen LogP contribution >= 0.6 is 11.6 Å². The molecule has 1 atom stereocenters. The SMILES string of the molecule is O=C(O)CC1CN(Cc2ccccc2Cl)C(=O)CO1. The van der Waals surface area contributed by atoms with E-state index in [4.69, 9.17) is 21.4 Å². The monoisotopic (exact) mass is 283 g/mol. The molecule has 1 aliphatic rings. The fourth-order valence-electron chi connectivity index (χ4n) is 1.98. The number of nitrogens with zero attached hydrogens (tertiary/aromatic N) is 1. The van der Waals surface area contributed by atoms with Crippen LogP contribution < -0.4 is 0 Å². The molecule has 1 amide bonds. The second-order valence-electron chi connectivity index (χ2n) is 4.40. The van der Waals surface area contributed by atoms with Crippen molar-refractivity contribution in [2.24, 2.45) is 0 Å². The number of benzene rings is 1. The van der Waals surface area contributed by atoms with Crippen molar-refractivity contribution in [3.8, 4) is 0 Å². The molecular weight excluding hydrogens is 270 g/mol. The largest absolute Gasteiger partial charge is 0.481 e. The molecule has 0 aromatic heterocycles. The number of carbonyl (C=O) groups is 2. The lowest BCUT2D eigenvalue weighted by atomic mass is 10.1. The topological polar surface area (TPSA) is 66.8 Å². The first-order chi connectivity index (χ1) is 9.06. The number of aliphatic carboxylic acids is 1. The molecule has 0 aliphatic carbocycles. The number of carboxylic acid groups (broad SMARTS) is 1. The van der Waals surface area contributed by atoms with Crippen molar-refractivity contribution < 1.29 is 19.4 Å². The van der Waals surface area contributed by atoms with Crippen molar-refractivity contribution in [2.75, 3.05) is 13.2 Å². The molecule has 0 radical (unpaired) electrons. The first kappa shape index (κ1) is 13.8. The molecule has 1 aliphatic heterocycles. The van der Waals surface area contributed by atoms with Gasteiger partial charge in [0.25, 0.3) is 0 Å². The summed E-state index contributed by atoms with van der Waals surface area (Å²) in [6.07, 6.45) is -0.565. The van der Waals surface area contributed by atoms with Crippen molar-refractivity contribution in [3.05, 3.63) is 34.9 Å². The van der Waals surface area contributed by atoms with Crippen LogP contribution in [0.1, 0.15) is 12.0 Å². The molecule has 1 unspecified atom stereocenters. The Morgan fingerprint density at radius 3 is 2.89 bits per heavy atom. The Kier molecular flexibility index (Phi) is 4.39. The van der Waals surface area contributed by atoms with Crippen LogP contribution in [0.5, 0.6) is 0 Å². The quantitative estimate of drug-likeness (QED) is 0.910. The van der Waals surface area contributed by atoms with Gasteiger partial charge in [0, 0.05) is 18.1 Å². The molecule has 0 saturated carbocycles. The highest BCUT2D eigenvalue weighted by Crippen LogP contribution is 2.19. The molecule has 1 fully saturated rings. The van der Waals surface area contributed by atoms with Gasteiger partial charge in [-0.15, -0.1) is 0 Å². The number of halogens is 1. The molecule has 2 rings (SSSR count). The average molecular weight is 284 g/mol. The van der Waals surface area contributed by atoms with Gasteiger partial charge in [-0.3, -0.25) is 9.59 Å². The van der Waals surface area contributed by atoms with E-state index in [1.54, 1.807) is 11.0 Å². The molecule has 1 heterocycles. The maximum Gasteiger partial charge on any atom is 0.306 e. The summed E-state index contributed by atoms with van der Waals surface area (Å²) in [5.74, 6) is -1.08. The van der Waals surface area contributed by atoms with Crippen LogP contribution in [-0.4, -0.2) is 41.1 Å². The lowest BCUT2D eigenvalue weighted by molar-refractivity contribution is -0.155. The Balaban J connectivity index is 2.03. The van der Waals surface area contributed by atoms with E-state index >= 15 is 0 Å². The molecule has 0 spiro atoms. The fraction of sp³-hybridized carbons (Fsp3) is 0.385. The zero-order valence-corrected chi connectivity index (χ0v) is 11.0. The van der Waals surface area contributed by atoms with Gasteiger partial charge in [0.1, 0.15) is 6.61 Å². The summed E-state index contributed by atoms with van der Waals surface area (Å²) in [6.45, 7) is 0.566. The Bertz CT molecular complexity index is 491. The van der Waals surface area contributed by atoms with Gasteiger partial charge in [-0.2, -0.15) is 0 Å². The summed E-state index contributed by atoms with van der Waals surface area (Å²) in [6, 6.07) is 7.27. The Morgan fingerprint density at radius 1 is 1.47 bits per heavy atom. The van der Waals surface area contributed by atoms with Gasteiger partial charge in [0.15, 0.2) is 0 Å². The summed E-state index contributed by atoms with van der Waals surface area (Å²) >= 11 is 6.05. The third-order valence-corrected chi connectivity index (χ3v) is 3.31. The van der Waals surface area contributed by atoms with Crippen LogP contribution in [0.15, 0.2) is 24.3 Å². The van der Waals surface area contributed by atoms with Crippen LogP contribution in [0.3, 0.4) is 0 Å². The van der Waals surface area contributed by atoms with Crippen molar-refractivity contribution >= 4 is 23.5 Å². The van der Waals surface area contributed by atoms with Gasteiger partial charge in [0.05, 0.1) is 12.5 Å². The van der Waals surface area contributed by atoms with E-state index in [2.05, 4.69) is 0 Å². The number of rotatable bonds is 4. The summed E-state index contributed by atoms with van der Waals surface area (Å²) in [5, 5.41) is 9.34. The summed E-state index contributed by atoms with van der Waals surface area (Å²) in [4.78, 5) is 24.0. The van der Waals surface area contributed by atoms with Gasteiger partial charge in [-0.05, 0) is 11.6 Å². The standard InChI is InChI=1S/C13H14ClNO4/c14-11-4-2-1-3-9(11)6-15-7-10(5-13(17)18)19-8-12(15)16/h1-4,10H,5-8H2,(H,17,18). The van der Waals surface area contributed by atoms with E-state index in [-0.39, 0.29) is 25.5 Å². The van der Waals surface area contributed by atoms with Crippen LogP contribution in [-0.2, 0) is 20.9 Å². The number of carboxylic acids is 1. The van der Waals surface area contributed by atoms with Crippen LogP contribution in [0.25, 0.3) is 0 Å². The minimum absolute atomic E-state index is 0.0810. The van der Waals surface area contributed by atoms with Crippen molar-refractivity contribution in [2.45, 2.75) is 19.1 Å². The maximum atomic E-state index is 11.8. The Morgan fingerprint density at radius 2 is 2.21 bits per heavy atom. The number of ether oxygens (including phenoxy) is 1. The first-order valence-corrected chi connectivity index (χ1v) is 6.28.